The maximum Gasteiger partial charge on any atom is 0.207 e. The number of nitrogen functional groups attached to an aromatic ring is 1. The summed E-state index contributed by atoms with van der Waals surface area (Å²) in [6.07, 6.45) is 2.88. The summed E-state index contributed by atoms with van der Waals surface area (Å²) in [5.74, 6) is 0.198. The third-order valence-electron chi connectivity index (χ3n) is 2.87. The fourth-order valence-electron chi connectivity index (χ4n) is 1.54. The molecule has 1 atom stereocenters. The van der Waals surface area contributed by atoms with E-state index in [-0.39, 0.29) is 11.5 Å². The van der Waals surface area contributed by atoms with Crippen LogP contribution in [0.3, 0.4) is 0 Å². The van der Waals surface area contributed by atoms with Crippen molar-refractivity contribution < 1.29 is 5.11 Å². The highest BCUT2D eigenvalue weighted by Gasteiger charge is 2.27. The second kappa shape index (κ2) is 4.62. The fraction of sp³-hybridized carbons (Fsp3) is 0.364. The predicted molar refractivity (Wildman–Crippen MR) is 68.3 cm³/mol. The van der Waals surface area contributed by atoms with Crippen LogP contribution in [0.15, 0.2) is 12.4 Å². The number of hydrogen-bond donors (Lipinski definition) is 2. The van der Waals surface area contributed by atoms with Gasteiger partial charge in [0.2, 0.25) is 5.65 Å². The minimum atomic E-state index is -1.23. The first kappa shape index (κ1) is 12.9. The zero-order valence-corrected chi connectivity index (χ0v) is 10.6. The van der Waals surface area contributed by atoms with Crippen molar-refractivity contribution >= 4 is 22.7 Å². The molecule has 0 spiro atoms. The normalized spacial score (nSPS) is 15.2. The first-order chi connectivity index (χ1) is 8.99. The number of anilines is 1. The van der Waals surface area contributed by atoms with Crippen molar-refractivity contribution in [1.29, 1.82) is 5.26 Å². The topological polar surface area (TPSA) is 127 Å². The van der Waals surface area contributed by atoms with Crippen molar-refractivity contribution in [2.45, 2.75) is 25.9 Å². The number of fused-ring (bicyclic) bond motifs is 1. The highest BCUT2D eigenvalue weighted by Crippen LogP contribution is 2.24. The standard InChI is InChI=1S/C11H13N7O/c1-3-11(2,19)7(4-5-12)18-16-8-9(13)14-6-15-10(8)17-18/h4,6,19H,3H2,1-2H3,(H2,13,14,15,17)/b7-4-. The van der Waals surface area contributed by atoms with Gasteiger partial charge in [-0.3, -0.25) is 0 Å². The number of aromatic nitrogens is 5. The third-order valence-corrected chi connectivity index (χ3v) is 2.87. The SMILES string of the molecule is CCC(C)(O)/C(=C/C#N)n1nc2ncnc(N)c2n1. The molecule has 0 radical (unpaired) electrons. The largest absolute Gasteiger partial charge is 0.384 e. The lowest BCUT2D eigenvalue weighted by Gasteiger charge is -2.22. The molecule has 0 aromatic carbocycles. The summed E-state index contributed by atoms with van der Waals surface area (Å²) in [7, 11) is 0. The van der Waals surface area contributed by atoms with Gasteiger partial charge in [0.25, 0.3) is 0 Å². The highest BCUT2D eigenvalue weighted by atomic mass is 16.3. The van der Waals surface area contributed by atoms with Gasteiger partial charge in [0.15, 0.2) is 11.3 Å². The van der Waals surface area contributed by atoms with Gasteiger partial charge in [-0.25, -0.2) is 9.97 Å². The van der Waals surface area contributed by atoms with Crippen molar-refractivity contribution in [2.75, 3.05) is 5.73 Å². The zero-order chi connectivity index (χ0) is 14.0. The minimum Gasteiger partial charge on any atom is -0.384 e. The molecule has 19 heavy (non-hydrogen) atoms. The second-order valence-electron chi connectivity index (χ2n) is 4.21. The molecule has 2 rings (SSSR count). The van der Waals surface area contributed by atoms with E-state index in [0.717, 1.165) is 0 Å². The van der Waals surface area contributed by atoms with E-state index in [9.17, 15) is 5.11 Å². The van der Waals surface area contributed by atoms with Crippen molar-refractivity contribution in [3.05, 3.63) is 12.4 Å². The molecule has 0 aliphatic carbocycles. The molecule has 0 amide bonds. The van der Waals surface area contributed by atoms with E-state index in [1.165, 1.54) is 17.2 Å². The van der Waals surface area contributed by atoms with Crippen LogP contribution < -0.4 is 5.73 Å². The molecule has 3 N–H and O–H groups in total. The average molecular weight is 259 g/mol. The summed E-state index contributed by atoms with van der Waals surface area (Å²) in [5, 5.41) is 27.3. The van der Waals surface area contributed by atoms with E-state index in [1.807, 2.05) is 6.07 Å². The molecule has 8 nitrogen and oxygen atoms in total. The van der Waals surface area contributed by atoms with E-state index in [2.05, 4.69) is 20.2 Å². The summed E-state index contributed by atoms with van der Waals surface area (Å²) >= 11 is 0. The van der Waals surface area contributed by atoms with Gasteiger partial charge in [0.05, 0.1) is 6.07 Å². The maximum absolute atomic E-state index is 10.3. The molecule has 1 unspecified atom stereocenters. The number of rotatable bonds is 3. The van der Waals surface area contributed by atoms with Gasteiger partial charge in [0, 0.05) is 6.08 Å². The van der Waals surface area contributed by atoms with Gasteiger partial charge in [-0.05, 0) is 13.3 Å². The van der Waals surface area contributed by atoms with Crippen molar-refractivity contribution in [2.24, 2.45) is 0 Å². The first-order valence-electron chi connectivity index (χ1n) is 5.66. The Kier molecular flexibility index (Phi) is 3.14. The molecule has 0 saturated carbocycles. The van der Waals surface area contributed by atoms with Crippen LogP contribution in [-0.2, 0) is 0 Å². The number of nitrogens with two attached hydrogens (primary N) is 1. The van der Waals surface area contributed by atoms with Crippen LogP contribution in [-0.4, -0.2) is 35.7 Å². The summed E-state index contributed by atoms with van der Waals surface area (Å²) in [6, 6.07) is 1.88. The Hall–Kier alpha value is -2.53. The Labute approximate surface area is 109 Å². The lowest BCUT2D eigenvalue weighted by atomic mass is 9.99. The third kappa shape index (κ3) is 2.23. The Bertz CT molecular complexity index is 680. The van der Waals surface area contributed by atoms with E-state index >= 15 is 0 Å². The molecule has 0 saturated heterocycles. The van der Waals surface area contributed by atoms with Crippen molar-refractivity contribution in [3.63, 3.8) is 0 Å². The minimum absolute atomic E-state index is 0.198. The van der Waals surface area contributed by atoms with Crippen LogP contribution >= 0.6 is 0 Å². The van der Waals surface area contributed by atoms with Crippen LogP contribution in [0.2, 0.25) is 0 Å². The number of hydrogen-bond acceptors (Lipinski definition) is 7. The maximum atomic E-state index is 10.3. The van der Waals surface area contributed by atoms with E-state index in [1.54, 1.807) is 13.8 Å². The van der Waals surface area contributed by atoms with Crippen molar-refractivity contribution in [3.8, 4) is 6.07 Å². The quantitative estimate of drug-likeness (QED) is 0.760. The Morgan fingerprint density at radius 3 is 2.89 bits per heavy atom. The first-order valence-corrected chi connectivity index (χ1v) is 5.66. The fourth-order valence-corrected chi connectivity index (χ4v) is 1.54. The monoisotopic (exact) mass is 259 g/mol. The van der Waals surface area contributed by atoms with E-state index in [0.29, 0.717) is 17.6 Å². The zero-order valence-electron chi connectivity index (χ0n) is 10.6. The number of allylic oxidation sites excluding steroid dienone is 1. The van der Waals surface area contributed by atoms with Gasteiger partial charge in [0.1, 0.15) is 17.6 Å². The summed E-state index contributed by atoms with van der Waals surface area (Å²) in [5.41, 5.74) is 5.34. The average Bonchev–Trinajstić information content (AvgIpc) is 2.80. The molecule has 98 valence electrons. The van der Waals surface area contributed by atoms with Gasteiger partial charge in [-0.2, -0.15) is 5.26 Å². The molecule has 2 heterocycles. The Balaban J connectivity index is 2.62. The molecular formula is C11H13N7O. The van der Waals surface area contributed by atoms with Gasteiger partial charge in [-0.1, -0.05) is 6.92 Å². The Morgan fingerprint density at radius 2 is 2.32 bits per heavy atom. The lowest BCUT2D eigenvalue weighted by molar-refractivity contribution is 0.110. The molecule has 0 aliphatic heterocycles. The molecule has 2 aromatic heterocycles. The van der Waals surface area contributed by atoms with Gasteiger partial charge >= 0.3 is 0 Å². The van der Waals surface area contributed by atoms with E-state index < -0.39 is 5.60 Å². The number of nitrogens with zero attached hydrogens (tertiary/aromatic N) is 6. The molecule has 8 heteroatoms. The highest BCUT2D eigenvalue weighted by molar-refractivity contribution is 5.80. The van der Waals surface area contributed by atoms with Gasteiger partial charge in [-0.15, -0.1) is 15.0 Å². The molecule has 2 aromatic rings. The summed E-state index contributed by atoms with van der Waals surface area (Å²) < 4.78 is 0. The molecule has 0 aliphatic rings. The summed E-state index contributed by atoms with van der Waals surface area (Å²) in [6.45, 7) is 3.38. The van der Waals surface area contributed by atoms with Crippen LogP contribution in [0, 0.1) is 11.3 Å². The van der Waals surface area contributed by atoms with Crippen LogP contribution in [0.5, 0.6) is 0 Å². The second-order valence-corrected chi connectivity index (χ2v) is 4.21. The molecule has 0 bridgehead atoms. The lowest BCUT2D eigenvalue weighted by Crippen LogP contribution is -2.29. The van der Waals surface area contributed by atoms with E-state index in [4.69, 9.17) is 11.0 Å². The van der Waals surface area contributed by atoms with Crippen LogP contribution in [0.25, 0.3) is 16.9 Å². The Morgan fingerprint density at radius 1 is 1.58 bits per heavy atom. The van der Waals surface area contributed by atoms with Gasteiger partial charge < -0.3 is 10.8 Å². The van der Waals surface area contributed by atoms with Crippen molar-refractivity contribution in [1.82, 2.24) is 25.0 Å². The van der Waals surface area contributed by atoms with Crippen LogP contribution in [0.1, 0.15) is 20.3 Å². The molecule has 0 fully saturated rings. The number of aliphatic hydroxyl groups is 1. The summed E-state index contributed by atoms with van der Waals surface area (Å²) in [4.78, 5) is 8.92. The molecular weight excluding hydrogens is 246 g/mol. The van der Waals surface area contributed by atoms with Crippen LogP contribution in [0.4, 0.5) is 5.82 Å². The predicted octanol–water partition coefficient (Wildman–Crippen LogP) is 0.329. The number of nitriles is 1. The smallest absolute Gasteiger partial charge is 0.207 e.